The van der Waals surface area contributed by atoms with Gasteiger partial charge in [0, 0.05) is 17.2 Å². The Kier molecular flexibility index (Phi) is 2.78. The van der Waals surface area contributed by atoms with E-state index in [-0.39, 0.29) is 5.56 Å². The van der Waals surface area contributed by atoms with Crippen molar-refractivity contribution in [3.63, 3.8) is 0 Å². The highest BCUT2D eigenvalue weighted by Crippen LogP contribution is 2.23. The summed E-state index contributed by atoms with van der Waals surface area (Å²) in [7, 11) is 0. The third kappa shape index (κ3) is 1.92. The number of rotatable bonds is 2. The first kappa shape index (κ1) is 9.86. The first-order valence-electron chi connectivity index (χ1n) is 3.92. The quantitative estimate of drug-likeness (QED) is 0.749. The molecule has 0 unspecified atom stereocenters. The van der Waals surface area contributed by atoms with Crippen molar-refractivity contribution >= 4 is 5.83 Å². The molecule has 1 nitrogen and oxygen atoms in total. The summed E-state index contributed by atoms with van der Waals surface area (Å²) in [5.74, 6) is -1.40. The zero-order valence-electron chi connectivity index (χ0n) is 7.35. The summed E-state index contributed by atoms with van der Waals surface area (Å²) in [4.78, 5) is 0. The van der Waals surface area contributed by atoms with Gasteiger partial charge < -0.3 is 5.73 Å². The van der Waals surface area contributed by atoms with Gasteiger partial charge in [0.1, 0.15) is 11.6 Å². The van der Waals surface area contributed by atoms with E-state index in [4.69, 9.17) is 5.73 Å². The fourth-order valence-corrected chi connectivity index (χ4v) is 1.11. The smallest absolute Gasteiger partial charge is 0.138 e. The van der Waals surface area contributed by atoms with Crippen LogP contribution in [0.25, 0.3) is 5.83 Å². The topological polar surface area (TPSA) is 26.0 Å². The lowest BCUT2D eigenvalue weighted by Crippen LogP contribution is -2.08. The summed E-state index contributed by atoms with van der Waals surface area (Å²) in [6.07, 6.45) is 0. The van der Waals surface area contributed by atoms with Gasteiger partial charge in [-0.1, -0.05) is 18.7 Å². The van der Waals surface area contributed by atoms with Gasteiger partial charge in [-0.15, -0.1) is 0 Å². The fraction of sp³-hybridized carbons (Fsp3) is 0.200. The first-order valence-corrected chi connectivity index (χ1v) is 3.92. The van der Waals surface area contributed by atoms with Crippen LogP contribution in [0.3, 0.4) is 0 Å². The molecule has 0 bridgehead atoms. The van der Waals surface area contributed by atoms with E-state index in [9.17, 15) is 8.78 Å². The van der Waals surface area contributed by atoms with Gasteiger partial charge in [-0.2, -0.15) is 0 Å². The van der Waals surface area contributed by atoms with Crippen LogP contribution in [0.2, 0.25) is 0 Å². The minimum atomic E-state index is -0.778. The highest BCUT2D eigenvalue weighted by molar-refractivity contribution is 5.58. The van der Waals surface area contributed by atoms with Crippen LogP contribution in [0.5, 0.6) is 0 Å². The molecule has 0 spiro atoms. The Labute approximate surface area is 75.9 Å². The standard InChI is InChI=1S/C10H11F2N/c1-6(11)8-4-3-5-9(7(2)13)10(8)12/h3-5,7H,1,13H2,2H3/t7-/m1/s1. The van der Waals surface area contributed by atoms with Crippen molar-refractivity contribution < 1.29 is 8.78 Å². The zero-order chi connectivity index (χ0) is 10.0. The second-order valence-corrected chi connectivity index (χ2v) is 2.90. The highest BCUT2D eigenvalue weighted by Gasteiger charge is 2.12. The molecule has 0 amide bonds. The number of halogens is 2. The second-order valence-electron chi connectivity index (χ2n) is 2.90. The zero-order valence-corrected chi connectivity index (χ0v) is 7.35. The van der Waals surface area contributed by atoms with E-state index in [0.717, 1.165) is 0 Å². The molecule has 1 aromatic carbocycles. The average Bonchev–Trinajstić information content (AvgIpc) is 2.03. The predicted octanol–water partition coefficient (Wildman–Crippen LogP) is 2.79. The Bertz CT molecular complexity index is 332. The highest BCUT2D eigenvalue weighted by atomic mass is 19.1. The Hall–Kier alpha value is -1.22. The van der Waals surface area contributed by atoms with Crippen molar-refractivity contribution in [1.82, 2.24) is 0 Å². The second kappa shape index (κ2) is 3.66. The Morgan fingerprint density at radius 2 is 2.15 bits per heavy atom. The molecule has 3 heteroatoms. The third-order valence-electron chi connectivity index (χ3n) is 1.81. The van der Waals surface area contributed by atoms with Crippen LogP contribution >= 0.6 is 0 Å². The van der Waals surface area contributed by atoms with Gasteiger partial charge in [-0.05, 0) is 13.0 Å². The molecule has 1 aromatic rings. The molecule has 0 aliphatic rings. The molecule has 0 heterocycles. The maximum absolute atomic E-state index is 13.4. The van der Waals surface area contributed by atoms with Crippen LogP contribution in [0.4, 0.5) is 8.78 Å². The van der Waals surface area contributed by atoms with Gasteiger partial charge in [0.2, 0.25) is 0 Å². The summed E-state index contributed by atoms with van der Waals surface area (Å²) in [5.41, 5.74) is 5.68. The maximum Gasteiger partial charge on any atom is 0.138 e. The van der Waals surface area contributed by atoms with Gasteiger partial charge in [0.25, 0.3) is 0 Å². The Morgan fingerprint density at radius 1 is 1.54 bits per heavy atom. The van der Waals surface area contributed by atoms with Crippen molar-refractivity contribution in [1.29, 1.82) is 0 Å². The first-order chi connectivity index (χ1) is 6.04. The van der Waals surface area contributed by atoms with Crippen LogP contribution in [-0.4, -0.2) is 0 Å². The monoisotopic (exact) mass is 183 g/mol. The molecule has 0 saturated heterocycles. The van der Waals surface area contributed by atoms with E-state index < -0.39 is 17.7 Å². The molecule has 70 valence electrons. The Balaban J connectivity index is 3.26. The van der Waals surface area contributed by atoms with Crippen LogP contribution in [0.15, 0.2) is 24.8 Å². The molecule has 2 N–H and O–H groups in total. The SMILES string of the molecule is C=C(F)c1cccc([C@@H](C)N)c1F. The summed E-state index contributed by atoms with van der Waals surface area (Å²) in [5, 5.41) is 0. The molecule has 0 aromatic heterocycles. The van der Waals surface area contributed by atoms with Crippen molar-refractivity contribution in [2.24, 2.45) is 5.73 Å². The van der Waals surface area contributed by atoms with Crippen molar-refractivity contribution in [2.75, 3.05) is 0 Å². The molecule has 0 aliphatic heterocycles. The van der Waals surface area contributed by atoms with E-state index >= 15 is 0 Å². The van der Waals surface area contributed by atoms with Crippen molar-refractivity contribution in [3.8, 4) is 0 Å². The van der Waals surface area contributed by atoms with Crippen LogP contribution < -0.4 is 5.73 Å². The maximum atomic E-state index is 13.4. The average molecular weight is 183 g/mol. The lowest BCUT2D eigenvalue weighted by molar-refractivity contribution is 0.583. The minimum absolute atomic E-state index is 0.116. The largest absolute Gasteiger partial charge is 0.324 e. The van der Waals surface area contributed by atoms with Gasteiger partial charge in [0.15, 0.2) is 0 Å². The van der Waals surface area contributed by atoms with Gasteiger partial charge in [-0.3, -0.25) is 0 Å². The molecule has 0 saturated carbocycles. The van der Waals surface area contributed by atoms with E-state index in [1.165, 1.54) is 12.1 Å². The molecule has 0 aliphatic carbocycles. The fourth-order valence-electron chi connectivity index (χ4n) is 1.11. The summed E-state index contributed by atoms with van der Waals surface area (Å²) in [6, 6.07) is 3.98. The van der Waals surface area contributed by atoms with E-state index in [2.05, 4.69) is 6.58 Å². The summed E-state index contributed by atoms with van der Waals surface area (Å²) >= 11 is 0. The van der Waals surface area contributed by atoms with Crippen molar-refractivity contribution in [3.05, 3.63) is 41.7 Å². The molecule has 13 heavy (non-hydrogen) atoms. The number of nitrogens with two attached hydrogens (primary N) is 1. The summed E-state index contributed by atoms with van der Waals surface area (Å²) < 4.78 is 26.1. The van der Waals surface area contributed by atoms with E-state index in [1.807, 2.05) is 0 Å². The molecule has 0 radical (unpaired) electrons. The van der Waals surface area contributed by atoms with Crippen LogP contribution in [0, 0.1) is 5.82 Å². The number of hydrogen-bond acceptors (Lipinski definition) is 1. The normalized spacial score (nSPS) is 12.6. The molecule has 1 rings (SSSR count). The van der Waals surface area contributed by atoms with E-state index in [1.54, 1.807) is 13.0 Å². The third-order valence-corrected chi connectivity index (χ3v) is 1.81. The summed E-state index contributed by atoms with van der Waals surface area (Å²) in [6.45, 7) is 4.68. The minimum Gasteiger partial charge on any atom is -0.324 e. The van der Waals surface area contributed by atoms with Gasteiger partial charge in [0.05, 0.1) is 0 Å². The molecule has 0 fully saturated rings. The van der Waals surface area contributed by atoms with Gasteiger partial charge in [-0.25, -0.2) is 8.78 Å². The van der Waals surface area contributed by atoms with Crippen LogP contribution in [-0.2, 0) is 0 Å². The molecule has 1 atom stereocenters. The van der Waals surface area contributed by atoms with Gasteiger partial charge >= 0.3 is 0 Å². The molecular formula is C10H11F2N. The Morgan fingerprint density at radius 3 is 2.62 bits per heavy atom. The molecular weight excluding hydrogens is 172 g/mol. The van der Waals surface area contributed by atoms with E-state index in [0.29, 0.717) is 5.56 Å². The predicted molar refractivity (Wildman–Crippen MR) is 49.1 cm³/mol. The number of hydrogen-bond donors (Lipinski definition) is 1. The number of benzene rings is 1. The lowest BCUT2D eigenvalue weighted by atomic mass is 10.0. The van der Waals surface area contributed by atoms with Crippen LogP contribution in [0.1, 0.15) is 24.1 Å². The lowest BCUT2D eigenvalue weighted by Gasteiger charge is -2.09. The van der Waals surface area contributed by atoms with Crippen molar-refractivity contribution in [2.45, 2.75) is 13.0 Å².